The Morgan fingerprint density at radius 3 is 1.92 bits per heavy atom. The van der Waals surface area contributed by atoms with Crippen LogP contribution in [0.2, 0.25) is 0 Å². The van der Waals surface area contributed by atoms with Gasteiger partial charge in [0.25, 0.3) is 0 Å². The highest BCUT2D eigenvalue weighted by atomic mass is 16.5. The Morgan fingerprint density at radius 2 is 1.32 bits per heavy atom. The van der Waals surface area contributed by atoms with Crippen LogP contribution in [-0.2, 0) is 25.7 Å². The summed E-state index contributed by atoms with van der Waals surface area (Å²) in [7, 11) is 0. The van der Waals surface area contributed by atoms with E-state index in [-0.39, 0.29) is 25.0 Å². The average molecular weight is 501 g/mol. The fraction of sp³-hybridized carbons (Fsp3) is 0.300. The largest absolute Gasteiger partial charge is 0.459 e. The molecule has 7 nitrogen and oxygen atoms in total. The first-order valence-corrected chi connectivity index (χ1v) is 12.5. The molecule has 3 aromatic rings. The van der Waals surface area contributed by atoms with E-state index in [9.17, 15) is 14.4 Å². The predicted molar refractivity (Wildman–Crippen MR) is 141 cm³/mol. The van der Waals surface area contributed by atoms with Crippen LogP contribution < -0.4 is 10.6 Å². The molecule has 2 amide bonds. The molecule has 2 N–H and O–H groups in total. The van der Waals surface area contributed by atoms with Gasteiger partial charge in [-0.25, -0.2) is 9.59 Å². The van der Waals surface area contributed by atoms with Gasteiger partial charge in [0.2, 0.25) is 5.91 Å². The second kappa shape index (κ2) is 11.7. The van der Waals surface area contributed by atoms with E-state index in [2.05, 4.69) is 22.8 Å². The molecule has 0 spiro atoms. The fourth-order valence-electron chi connectivity index (χ4n) is 4.48. The molecular weight excluding hydrogens is 468 g/mol. The predicted octanol–water partition coefficient (Wildman–Crippen LogP) is 4.80. The van der Waals surface area contributed by atoms with E-state index in [0.29, 0.717) is 0 Å². The van der Waals surface area contributed by atoms with Crippen LogP contribution in [0.25, 0.3) is 11.1 Å². The molecule has 0 fully saturated rings. The molecule has 2 atom stereocenters. The lowest BCUT2D eigenvalue weighted by Crippen LogP contribution is -2.52. The number of hydrogen-bond donors (Lipinski definition) is 2. The number of alkyl carbamates (subject to hydrolysis) is 1. The fourth-order valence-corrected chi connectivity index (χ4v) is 4.48. The van der Waals surface area contributed by atoms with Crippen molar-refractivity contribution in [2.75, 3.05) is 6.61 Å². The zero-order chi connectivity index (χ0) is 26.4. The van der Waals surface area contributed by atoms with E-state index in [1.807, 2.05) is 80.6 Å². The van der Waals surface area contributed by atoms with Gasteiger partial charge in [-0.05, 0) is 40.7 Å². The Bertz CT molecular complexity index is 1210. The minimum atomic E-state index is -0.904. The number of ether oxygens (including phenoxy) is 2. The van der Waals surface area contributed by atoms with Crippen molar-refractivity contribution >= 4 is 18.0 Å². The third kappa shape index (κ3) is 6.17. The minimum Gasteiger partial charge on any atom is -0.459 e. The molecule has 192 valence electrons. The molecular formula is C30H32N2O5. The van der Waals surface area contributed by atoms with Crippen molar-refractivity contribution in [2.45, 2.75) is 45.4 Å². The van der Waals surface area contributed by atoms with Crippen LogP contribution in [0.15, 0.2) is 78.9 Å². The summed E-state index contributed by atoms with van der Waals surface area (Å²) in [6.45, 7) is 5.45. The normalized spacial score (nSPS) is 13.7. The molecule has 0 aromatic heterocycles. The van der Waals surface area contributed by atoms with E-state index >= 15 is 0 Å². The third-order valence-electron chi connectivity index (χ3n) is 6.51. The molecule has 1 aliphatic rings. The van der Waals surface area contributed by atoms with Crippen LogP contribution in [0.3, 0.4) is 0 Å². The molecule has 7 heteroatoms. The van der Waals surface area contributed by atoms with Crippen LogP contribution in [0.5, 0.6) is 0 Å². The van der Waals surface area contributed by atoms with Gasteiger partial charge in [-0.15, -0.1) is 0 Å². The van der Waals surface area contributed by atoms with Crippen LogP contribution in [-0.4, -0.2) is 36.7 Å². The quantitative estimate of drug-likeness (QED) is 0.412. The Labute approximate surface area is 217 Å². The zero-order valence-corrected chi connectivity index (χ0v) is 21.3. The van der Waals surface area contributed by atoms with Gasteiger partial charge in [0.1, 0.15) is 25.3 Å². The smallest absolute Gasteiger partial charge is 0.407 e. The SMILES string of the molecule is CC(C)[C@H](NC(=O)[C@H](C)NC(=O)OCC1c2ccccc2-c2ccccc21)C(=O)OCc1ccccc1. The minimum absolute atomic E-state index is 0.0769. The molecule has 4 rings (SSSR count). The molecule has 0 heterocycles. The van der Waals surface area contributed by atoms with Gasteiger partial charge in [-0.2, -0.15) is 0 Å². The van der Waals surface area contributed by atoms with Crippen molar-refractivity contribution in [3.8, 4) is 11.1 Å². The van der Waals surface area contributed by atoms with Gasteiger partial charge in [-0.1, -0.05) is 92.7 Å². The Balaban J connectivity index is 1.30. The summed E-state index contributed by atoms with van der Waals surface area (Å²) >= 11 is 0. The highest BCUT2D eigenvalue weighted by molar-refractivity contribution is 5.89. The third-order valence-corrected chi connectivity index (χ3v) is 6.51. The highest BCUT2D eigenvalue weighted by Gasteiger charge is 2.31. The number of amides is 2. The number of carbonyl (C=O) groups excluding carboxylic acids is 3. The van der Waals surface area contributed by atoms with E-state index in [0.717, 1.165) is 27.8 Å². The van der Waals surface area contributed by atoms with Crippen LogP contribution in [0.1, 0.15) is 43.4 Å². The maximum atomic E-state index is 12.8. The van der Waals surface area contributed by atoms with Crippen molar-refractivity contribution < 1.29 is 23.9 Å². The van der Waals surface area contributed by atoms with Crippen LogP contribution in [0, 0.1) is 5.92 Å². The Morgan fingerprint density at radius 1 is 0.757 bits per heavy atom. The van der Waals surface area contributed by atoms with Gasteiger partial charge in [0.05, 0.1) is 0 Å². The lowest BCUT2D eigenvalue weighted by atomic mass is 9.98. The van der Waals surface area contributed by atoms with Gasteiger partial charge in [0.15, 0.2) is 0 Å². The van der Waals surface area contributed by atoms with Crippen molar-refractivity contribution in [3.63, 3.8) is 0 Å². The molecule has 3 aromatic carbocycles. The first-order chi connectivity index (χ1) is 17.8. The molecule has 0 saturated heterocycles. The number of nitrogens with one attached hydrogen (secondary N) is 2. The summed E-state index contributed by atoms with van der Waals surface area (Å²) in [6, 6.07) is 23.7. The van der Waals surface area contributed by atoms with Crippen molar-refractivity contribution in [1.82, 2.24) is 10.6 Å². The lowest BCUT2D eigenvalue weighted by molar-refractivity contribution is -0.150. The molecule has 0 unspecified atom stereocenters. The number of fused-ring (bicyclic) bond motifs is 3. The summed E-state index contributed by atoms with van der Waals surface area (Å²) < 4.78 is 10.9. The highest BCUT2D eigenvalue weighted by Crippen LogP contribution is 2.44. The maximum Gasteiger partial charge on any atom is 0.407 e. The second-order valence-corrected chi connectivity index (χ2v) is 9.52. The monoisotopic (exact) mass is 500 g/mol. The van der Waals surface area contributed by atoms with Gasteiger partial charge >= 0.3 is 12.1 Å². The molecule has 0 radical (unpaired) electrons. The summed E-state index contributed by atoms with van der Waals surface area (Å²) in [5.41, 5.74) is 5.35. The summed E-state index contributed by atoms with van der Waals surface area (Å²) in [4.78, 5) is 38.0. The molecule has 37 heavy (non-hydrogen) atoms. The van der Waals surface area contributed by atoms with Crippen molar-refractivity contribution in [1.29, 1.82) is 0 Å². The molecule has 1 aliphatic carbocycles. The second-order valence-electron chi connectivity index (χ2n) is 9.52. The van der Waals surface area contributed by atoms with E-state index in [4.69, 9.17) is 9.47 Å². The van der Waals surface area contributed by atoms with E-state index in [1.165, 1.54) is 0 Å². The topological polar surface area (TPSA) is 93.7 Å². The Hall–Kier alpha value is -4.13. The number of hydrogen-bond acceptors (Lipinski definition) is 5. The summed E-state index contributed by atoms with van der Waals surface area (Å²) in [5, 5.41) is 5.26. The number of rotatable bonds is 9. The van der Waals surface area contributed by atoms with Crippen molar-refractivity contribution in [2.24, 2.45) is 5.92 Å². The number of carbonyl (C=O) groups is 3. The molecule has 0 bridgehead atoms. The van der Waals surface area contributed by atoms with Crippen LogP contribution >= 0.6 is 0 Å². The first kappa shape index (κ1) is 25.9. The van der Waals surface area contributed by atoms with Crippen LogP contribution in [0.4, 0.5) is 4.79 Å². The number of benzene rings is 3. The maximum absolute atomic E-state index is 12.8. The zero-order valence-electron chi connectivity index (χ0n) is 21.3. The van der Waals surface area contributed by atoms with Gasteiger partial charge < -0.3 is 20.1 Å². The summed E-state index contributed by atoms with van der Waals surface area (Å²) in [5.74, 6) is -1.30. The van der Waals surface area contributed by atoms with E-state index < -0.39 is 30.1 Å². The first-order valence-electron chi connectivity index (χ1n) is 12.5. The average Bonchev–Trinajstić information content (AvgIpc) is 3.23. The Kier molecular flexibility index (Phi) is 8.23. The lowest BCUT2D eigenvalue weighted by Gasteiger charge is -2.23. The number of esters is 1. The van der Waals surface area contributed by atoms with Crippen molar-refractivity contribution in [3.05, 3.63) is 95.6 Å². The van der Waals surface area contributed by atoms with E-state index in [1.54, 1.807) is 6.92 Å². The van der Waals surface area contributed by atoms with Gasteiger partial charge in [-0.3, -0.25) is 4.79 Å². The molecule has 0 aliphatic heterocycles. The van der Waals surface area contributed by atoms with Gasteiger partial charge in [0, 0.05) is 5.92 Å². The molecule has 0 saturated carbocycles. The summed E-state index contributed by atoms with van der Waals surface area (Å²) in [6.07, 6.45) is -0.697. The standard InChI is InChI=1S/C30H32N2O5/c1-19(2)27(29(34)36-17-21-11-5-4-6-12-21)32-28(33)20(3)31-30(35)37-18-26-24-15-9-7-13-22(24)23-14-8-10-16-25(23)26/h4-16,19-20,26-27H,17-18H2,1-3H3,(H,31,35)(H,32,33)/t20-,27-/m0/s1.